The lowest BCUT2D eigenvalue weighted by Crippen LogP contribution is -2.30. The lowest BCUT2D eigenvalue weighted by Gasteiger charge is -2.19. The SMILES string of the molecule is CC(C)C(=O)N(C)Cc1ccc(C(=O)NCCCCCC(=O)O)cc1. The number of benzene rings is 1. The minimum atomic E-state index is -0.787. The fourth-order valence-electron chi connectivity index (χ4n) is 2.44. The molecule has 6 nitrogen and oxygen atoms in total. The van der Waals surface area contributed by atoms with Crippen molar-refractivity contribution in [3.05, 3.63) is 35.4 Å². The van der Waals surface area contributed by atoms with E-state index in [9.17, 15) is 14.4 Å². The smallest absolute Gasteiger partial charge is 0.303 e. The highest BCUT2D eigenvalue weighted by Gasteiger charge is 2.13. The topological polar surface area (TPSA) is 86.7 Å². The van der Waals surface area contributed by atoms with Gasteiger partial charge in [0.1, 0.15) is 0 Å². The Hall–Kier alpha value is -2.37. The van der Waals surface area contributed by atoms with Gasteiger partial charge in [0.15, 0.2) is 0 Å². The van der Waals surface area contributed by atoms with Crippen molar-refractivity contribution in [3.63, 3.8) is 0 Å². The van der Waals surface area contributed by atoms with Gasteiger partial charge in [-0.05, 0) is 30.5 Å². The van der Waals surface area contributed by atoms with Crippen LogP contribution in [-0.2, 0) is 16.1 Å². The highest BCUT2D eigenvalue weighted by atomic mass is 16.4. The van der Waals surface area contributed by atoms with Gasteiger partial charge >= 0.3 is 5.97 Å². The second-order valence-corrected chi connectivity index (χ2v) is 6.51. The first-order valence-corrected chi connectivity index (χ1v) is 8.65. The zero-order chi connectivity index (χ0) is 18.8. The Balaban J connectivity index is 2.38. The lowest BCUT2D eigenvalue weighted by atomic mass is 10.1. The summed E-state index contributed by atoms with van der Waals surface area (Å²) in [6, 6.07) is 7.21. The molecule has 0 aliphatic heterocycles. The first-order valence-electron chi connectivity index (χ1n) is 8.65. The van der Waals surface area contributed by atoms with E-state index in [1.807, 2.05) is 26.0 Å². The third-order valence-corrected chi connectivity index (χ3v) is 3.86. The average molecular weight is 348 g/mol. The van der Waals surface area contributed by atoms with Crippen LogP contribution in [-0.4, -0.2) is 41.4 Å². The van der Waals surface area contributed by atoms with Crippen molar-refractivity contribution in [2.75, 3.05) is 13.6 Å². The van der Waals surface area contributed by atoms with Crippen molar-refractivity contribution in [2.24, 2.45) is 5.92 Å². The largest absolute Gasteiger partial charge is 0.481 e. The first kappa shape index (κ1) is 20.7. The van der Waals surface area contributed by atoms with Crippen LogP contribution in [0.3, 0.4) is 0 Å². The highest BCUT2D eigenvalue weighted by molar-refractivity contribution is 5.94. The van der Waals surface area contributed by atoms with E-state index >= 15 is 0 Å². The van der Waals surface area contributed by atoms with Gasteiger partial charge in [0.05, 0.1) is 0 Å². The first-order chi connectivity index (χ1) is 11.8. The van der Waals surface area contributed by atoms with Crippen LogP contribution in [0.5, 0.6) is 0 Å². The van der Waals surface area contributed by atoms with Crippen molar-refractivity contribution in [1.29, 1.82) is 0 Å². The van der Waals surface area contributed by atoms with Crippen LogP contribution in [0.25, 0.3) is 0 Å². The fraction of sp³-hybridized carbons (Fsp3) is 0.526. The molecule has 0 aromatic heterocycles. The van der Waals surface area contributed by atoms with Crippen molar-refractivity contribution >= 4 is 17.8 Å². The number of unbranched alkanes of at least 4 members (excludes halogenated alkanes) is 2. The monoisotopic (exact) mass is 348 g/mol. The summed E-state index contributed by atoms with van der Waals surface area (Å²) in [7, 11) is 1.77. The Morgan fingerprint density at radius 3 is 2.28 bits per heavy atom. The van der Waals surface area contributed by atoms with E-state index in [1.165, 1.54) is 0 Å². The molecule has 0 unspecified atom stereocenters. The maximum absolute atomic E-state index is 12.0. The second kappa shape index (κ2) is 10.5. The number of hydrogen-bond donors (Lipinski definition) is 2. The maximum Gasteiger partial charge on any atom is 0.303 e. The van der Waals surface area contributed by atoms with Crippen molar-refractivity contribution < 1.29 is 19.5 Å². The van der Waals surface area contributed by atoms with Crippen LogP contribution < -0.4 is 5.32 Å². The number of carboxylic acids is 1. The molecular formula is C19H28N2O4. The number of carbonyl (C=O) groups excluding carboxylic acids is 2. The Morgan fingerprint density at radius 2 is 1.72 bits per heavy atom. The molecule has 1 aromatic carbocycles. The van der Waals surface area contributed by atoms with E-state index in [1.54, 1.807) is 24.1 Å². The summed E-state index contributed by atoms with van der Waals surface area (Å²) in [6.07, 6.45) is 2.34. The van der Waals surface area contributed by atoms with Crippen LogP contribution in [0.4, 0.5) is 0 Å². The number of hydrogen-bond acceptors (Lipinski definition) is 3. The molecule has 0 fully saturated rings. The summed E-state index contributed by atoms with van der Waals surface area (Å²) in [5.41, 5.74) is 1.55. The number of rotatable bonds is 10. The summed E-state index contributed by atoms with van der Waals surface area (Å²) < 4.78 is 0. The normalized spacial score (nSPS) is 10.6. The Morgan fingerprint density at radius 1 is 1.08 bits per heavy atom. The molecule has 1 rings (SSSR count). The van der Waals surface area contributed by atoms with Gasteiger partial charge in [-0.1, -0.05) is 32.4 Å². The van der Waals surface area contributed by atoms with Gasteiger partial charge in [0, 0.05) is 38.0 Å². The van der Waals surface area contributed by atoms with E-state index in [-0.39, 0.29) is 24.2 Å². The molecule has 2 amide bonds. The zero-order valence-corrected chi connectivity index (χ0v) is 15.2. The number of carbonyl (C=O) groups is 3. The van der Waals surface area contributed by atoms with Crippen molar-refractivity contribution in [3.8, 4) is 0 Å². The van der Waals surface area contributed by atoms with Crippen LogP contribution in [0.2, 0.25) is 0 Å². The third kappa shape index (κ3) is 7.83. The molecule has 0 saturated heterocycles. The standard InChI is InChI=1S/C19H28N2O4/c1-14(2)19(25)21(3)13-15-8-10-16(11-9-15)18(24)20-12-6-4-5-7-17(22)23/h8-11,14H,4-7,12-13H2,1-3H3,(H,20,24)(H,22,23). The summed E-state index contributed by atoms with van der Waals surface area (Å²) in [5, 5.41) is 11.4. The highest BCUT2D eigenvalue weighted by Crippen LogP contribution is 2.09. The molecule has 0 aliphatic rings. The molecule has 6 heteroatoms. The van der Waals surface area contributed by atoms with Gasteiger partial charge in [-0.15, -0.1) is 0 Å². The van der Waals surface area contributed by atoms with E-state index in [2.05, 4.69) is 5.32 Å². The Kier molecular flexibility index (Phi) is 8.67. The molecule has 0 spiro atoms. The minimum Gasteiger partial charge on any atom is -0.481 e. The summed E-state index contributed by atoms with van der Waals surface area (Å²) in [5.74, 6) is -0.878. The number of nitrogens with zero attached hydrogens (tertiary/aromatic N) is 1. The molecule has 25 heavy (non-hydrogen) atoms. The maximum atomic E-state index is 12.0. The number of aliphatic carboxylic acids is 1. The molecule has 0 bridgehead atoms. The minimum absolute atomic E-state index is 0.0365. The van der Waals surface area contributed by atoms with Crippen molar-refractivity contribution in [2.45, 2.75) is 46.1 Å². The van der Waals surface area contributed by atoms with Crippen LogP contribution in [0, 0.1) is 5.92 Å². The second-order valence-electron chi connectivity index (χ2n) is 6.51. The van der Waals surface area contributed by atoms with Gasteiger partial charge in [-0.2, -0.15) is 0 Å². The molecule has 0 atom stereocenters. The molecule has 1 aromatic rings. The summed E-state index contributed by atoms with van der Waals surface area (Å²) in [4.78, 5) is 36.0. The zero-order valence-electron chi connectivity index (χ0n) is 15.2. The molecular weight excluding hydrogens is 320 g/mol. The average Bonchev–Trinajstić information content (AvgIpc) is 2.57. The quantitative estimate of drug-likeness (QED) is 0.637. The third-order valence-electron chi connectivity index (χ3n) is 3.86. The van der Waals surface area contributed by atoms with E-state index in [0.717, 1.165) is 18.4 Å². The number of amides is 2. The summed E-state index contributed by atoms with van der Waals surface area (Å²) >= 11 is 0. The van der Waals surface area contributed by atoms with Crippen LogP contribution >= 0.6 is 0 Å². The van der Waals surface area contributed by atoms with E-state index in [0.29, 0.717) is 25.1 Å². The molecule has 2 N–H and O–H groups in total. The lowest BCUT2D eigenvalue weighted by molar-refractivity contribution is -0.137. The van der Waals surface area contributed by atoms with Crippen molar-refractivity contribution in [1.82, 2.24) is 10.2 Å². The van der Waals surface area contributed by atoms with Gasteiger partial charge in [0.25, 0.3) is 5.91 Å². The Bertz CT molecular complexity index is 582. The summed E-state index contributed by atoms with van der Waals surface area (Å²) in [6.45, 7) is 4.79. The van der Waals surface area contributed by atoms with Crippen LogP contribution in [0.15, 0.2) is 24.3 Å². The van der Waals surface area contributed by atoms with Gasteiger partial charge < -0.3 is 15.3 Å². The fourth-order valence-corrected chi connectivity index (χ4v) is 2.44. The van der Waals surface area contributed by atoms with Gasteiger partial charge in [0.2, 0.25) is 5.91 Å². The van der Waals surface area contributed by atoms with Gasteiger partial charge in [-0.25, -0.2) is 0 Å². The number of nitrogens with one attached hydrogen (secondary N) is 1. The van der Waals surface area contributed by atoms with Gasteiger partial charge in [-0.3, -0.25) is 14.4 Å². The molecule has 0 saturated carbocycles. The van der Waals surface area contributed by atoms with E-state index < -0.39 is 5.97 Å². The molecule has 0 radical (unpaired) electrons. The predicted octanol–water partition coefficient (Wildman–Crippen LogP) is 2.68. The molecule has 138 valence electrons. The molecule has 0 aliphatic carbocycles. The number of carboxylic acid groups (broad SMARTS) is 1. The molecule has 0 heterocycles. The van der Waals surface area contributed by atoms with Crippen LogP contribution in [0.1, 0.15) is 55.5 Å². The Labute approximate surface area is 149 Å². The predicted molar refractivity (Wildman–Crippen MR) is 96.2 cm³/mol. The van der Waals surface area contributed by atoms with E-state index in [4.69, 9.17) is 5.11 Å².